The van der Waals surface area contributed by atoms with Crippen LogP contribution < -0.4 is 5.32 Å². The smallest absolute Gasteiger partial charge is 0.259 e. The molecule has 1 aliphatic heterocycles. The maximum atomic E-state index is 5.47. The van der Waals surface area contributed by atoms with Gasteiger partial charge in [-0.2, -0.15) is 4.98 Å². The zero-order valence-corrected chi connectivity index (χ0v) is 13.7. The molecule has 0 aliphatic carbocycles. The number of thioether (sulfide) groups is 1. The molecule has 1 aliphatic rings. The summed E-state index contributed by atoms with van der Waals surface area (Å²) in [4.78, 5) is 8.00. The van der Waals surface area contributed by atoms with Crippen LogP contribution in [0.3, 0.4) is 0 Å². The van der Waals surface area contributed by atoms with E-state index in [4.69, 9.17) is 4.52 Å². The van der Waals surface area contributed by atoms with Gasteiger partial charge in [-0.15, -0.1) is 24.2 Å². The monoisotopic (exact) mass is 326 g/mol. The second-order valence-electron chi connectivity index (χ2n) is 4.86. The highest BCUT2D eigenvalue weighted by Crippen LogP contribution is 2.30. The molecule has 3 rings (SSSR count). The second-order valence-corrected chi connectivity index (χ2v) is 5.71. The molecule has 1 saturated heterocycles. The lowest BCUT2D eigenvalue weighted by Gasteiger charge is -2.30. The lowest BCUT2D eigenvalue weighted by Crippen LogP contribution is -2.44. The molecule has 7 heteroatoms. The lowest BCUT2D eigenvalue weighted by molar-refractivity contribution is 0.190. The van der Waals surface area contributed by atoms with Crippen molar-refractivity contribution in [2.75, 3.05) is 32.9 Å². The number of benzene rings is 1. The summed E-state index contributed by atoms with van der Waals surface area (Å²) >= 11 is 1.69. The predicted octanol–water partition coefficient (Wildman–Crippen LogP) is 2.46. The Morgan fingerprint density at radius 2 is 2.19 bits per heavy atom. The van der Waals surface area contributed by atoms with Crippen LogP contribution in [0, 0.1) is 0 Å². The Morgan fingerprint density at radius 1 is 1.38 bits per heavy atom. The molecule has 5 nitrogen and oxygen atoms in total. The first kappa shape index (κ1) is 16.3. The highest BCUT2D eigenvalue weighted by atomic mass is 35.5. The molecule has 0 amide bonds. The normalized spacial score (nSPS) is 19.2. The maximum Gasteiger partial charge on any atom is 0.259 e. The van der Waals surface area contributed by atoms with Crippen molar-refractivity contribution in [2.24, 2.45) is 0 Å². The van der Waals surface area contributed by atoms with Crippen molar-refractivity contribution in [1.82, 2.24) is 20.4 Å². The van der Waals surface area contributed by atoms with Crippen molar-refractivity contribution in [2.45, 2.75) is 10.9 Å². The quantitative estimate of drug-likeness (QED) is 0.874. The summed E-state index contributed by atoms with van der Waals surface area (Å²) in [5.74, 6) is 1.36. The van der Waals surface area contributed by atoms with E-state index in [2.05, 4.69) is 39.7 Å². The largest absolute Gasteiger partial charge is 0.334 e. The number of aromatic nitrogens is 2. The van der Waals surface area contributed by atoms with E-state index >= 15 is 0 Å². The lowest BCUT2D eigenvalue weighted by atomic mass is 10.2. The number of hydrogen-bond donors (Lipinski definition) is 1. The molecule has 1 N–H and O–H groups in total. The molecule has 1 fully saturated rings. The summed E-state index contributed by atoms with van der Waals surface area (Å²) in [6, 6.07) is 8.28. The third-order valence-corrected chi connectivity index (χ3v) is 4.38. The van der Waals surface area contributed by atoms with E-state index in [0.717, 1.165) is 35.9 Å². The average molecular weight is 327 g/mol. The Labute approximate surface area is 134 Å². The number of likely N-dealkylation sites (N-methyl/N-ethyl adjacent to an activating group) is 1. The van der Waals surface area contributed by atoms with Gasteiger partial charge in [-0.05, 0) is 25.4 Å². The highest BCUT2D eigenvalue weighted by molar-refractivity contribution is 7.98. The van der Waals surface area contributed by atoms with Gasteiger partial charge in [-0.25, -0.2) is 0 Å². The van der Waals surface area contributed by atoms with Gasteiger partial charge in [-0.1, -0.05) is 17.3 Å². The van der Waals surface area contributed by atoms with E-state index in [1.807, 2.05) is 18.2 Å². The van der Waals surface area contributed by atoms with E-state index < -0.39 is 0 Å². The van der Waals surface area contributed by atoms with Crippen LogP contribution >= 0.6 is 24.2 Å². The third-order valence-electron chi connectivity index (χ3n) is 3.59. The van der Waals surface area contributed by atoms with Crippen LogP contribution in [0.4, 0.5) is 0 Å². The Kier molecular flexibility index (Phi) is 5.64. The summed E-state index contributed by atoms with van der Waals surface area (Å²) in [7, 11) is 2.09. The first-order chi connectivity index (χ1) is 9.79. The standard InChI is InChI=1S/C14H18N4OS.ClH/c1-18-8-7-15-9-11(18)13-16-14(19-17-13)10-5-3-4-6-12(10)20-2;/h3-6,11,15H,7-9H2,1-2H3;1H. The topological polar surface area (TPSA) is 54.2 Å². The number of piperazine rings is 1. The van der Waals surface area contributed by atoms with Crippen LogP contribution in [0.15, 0.2) is 33.7 Å². The number of nitrogens with zero attached hydrogens (tertiary/aromatic N) is 3. The first-order valence-electron chi connectivity index (χ1n) is 6.67. The van der Waals surface area contributed by atoms with Crippen LogP contribution in [0.2, 0.25) is 0 Å². The van der Waals surface area contributed by atoms with Gasteiger partial charge >= 0.3 is 0 Å². The van der Waals surface area contributed by atoms with Gasteiger partial charge in [0, 0.05) is 24.5 Å². The summed E-state index contributed by atoms with van der Waals surface area (Å²) in [5.41, 5.74) is 1.00. The Hall–Kier alpha value is -1.08. The fourth-order valence-electron chi connectivity index (χ4n) is 2.40. The summed E-state index contributed by atoms with van der Waals surface area (Å²) in [6.07, 6.45) is 2.05. The molecule has 0 bridgehead atoms. The molecule has 1 aromatic heterocycles. The number of hydrogen-bond acceptors (Lipinski definition) is 6. The fourth-order valence-corrected chi connectivity index (χ4v) is 2.99. The molecule has 2 heterocycles. The molecule has 114 valence electrons. The van der Waals surface area contributed by atoms with E-state index in [-0.39, 0.29) is 18.4 Å². The van der Waals surface area contributed by atoms with Crippen LogP contribution in [0.1, 0.15) is 11.9 Å². The third kappa shape index (κ3) is 3.40. The van der Waals surface area contributed by atoms with Gasteiger partial charge in [0.05, 0.1) is 11.6 Å². The van der Waals surface area contributed by atoms with Crippen LogP contribution in [-0.4, -0.2) is 48.0 Å². The molecule has 0 saturated carbocycles. The summed E-state index contributed by atoms with van der Waals surface area (Å²) in [6.45, 7) is 2.86. The summed E-state index contributed by atoms with van der Waals surface area (Å²) < 4.78 is 5.47. The van der Waals surface area contributed by atoms with Crippen molar-refractivity contribution in [3.63, 3.8) is 0 Å². The highest BCUT2D eigenvalue weighted by Gasteiger charge is 2.25. The summed E-state index contributed by atoms with van der Waals surface area (Å²) in [5, 5.41) is 7.53. The first-order valence-corrected chi connectivity index (χ1v) is 7.90. The van der Waals surface area contributed by atoms with E-state index in [1.54, 1.807) is 11.8 Å². The molecular weight excluding hydrogens is 308 g/mol. The van der Waals surface area contributed by atoms with E-state index in [0.29, 0.717) is 5.89 Å². The zero-order chi connectivity index (χ0) is 13.9. The minimum absolute atomic E-state index is 0. The molecule has 1 atom stereocenters. The molecule has 1 unspecified atom stereocenters. The Bertz CT molecular complexity index is 592. The van der Waals surface area contributed by atoms with Crippen molar-refractivity contribution < 1.29 is 4.52 Å². The average Bonchev–Trinajstić information content (AvgIpc) is 2.97. The number of rotatable bonds is 3. The minimum Gasteiger partial charge on any atom is -0.334 e. The minimum atomic E-state index is 0. The second kappa shape index (κ2) is 7.26. The van der Waals surface area contributed by atoms with Gasteiger partial charge in [0.15, 0.2) is 5.82 Å². The van der Waals surface area contributed by atoms with Crippen LogP contribution in [-0.2, 0) is 0 Å². The predicted molar refractivity (Wildman–Crippen MR) is 87.0 cm³/mol. The SMILES string of the molecule is CSc1ccccc1-c1nc(C2CNCCN2C)no1.Cl. The number of halogens is 1. The van der Waals surface area contributed by atoms with Crippen molar-refractivity contribution in [3.05, 3.63) is 30.1 Å². The molecule has 2 aromatic rings. The van der Waals surface area contributed by atoms with Gasteiger partial charge in [-0.3, -0.25) is 4.90 Å². The van der Waals surface area contributed by atoms with E-state index in [9.17, 15) is 0 Å². The van der Waals surface area contributed by atoms with Crippen molar-refractivity contribution in [3.8, 4) is 11.5 Å². The number of nitrogens with one attached hydrogen (secondary N) is 1. The van der Waals surface area contributed by atoms with E-state index in [1.165, 1.54) is 0 Å². The molecule has 21 heavy (non-hydrogen) atoms. The van der Waals surface area contributed by atoms with Crippen molar-refractivity contribution in [1.29, 1.82) is 0 Å². The van der Waals surface area contributed by atoms with Gasteiger partial charge < -0.3 is 9.84 Å². The van der Waals surface area contributed by atoms with Gasteiger partial charge in [0.1, 0.15) is 0 Å². The van der Waals surface area contributed by atoms with Gasteiger partial charge in [0.2, 0.25) is 0 Å². The molecule has 0 spiro atoms. The Balaban J connectivity index is 0.00000161. The van der Waals surface area contributed by atoms with Crippen LogP contribution in [0.5, 0.6) is 0 Å². The van der Waals surface area contributed by atoms with Crippen LogP contribution in [0.25, 0.3) is 11.5 Å². The fraction of sp³-hybridized carbons (Fsp3) is 0.429. The van der Waals surface area contributed by atoms with Gasteiger partial charge in [0.25, 0.3) is 5.89 Å². The maximum absolute atomic E-state index is 5.47. The molecule has 1 aromatic carbocycles. The zero-order valence-electron chi connectivity index (χ0n) is 12.1. The van der Waals surface area contributed by atoms with Crippen molar-refractivity contribution >= 4 is 24.2 Å². The molecular formula is C14H19ClN4OS. The molecule has 0 radical (unpaired) electrons. The Morgan fingerprint density at radius 3 is 2.95 bits per heavy atom.